The maximum absolute atomic E-state index is 9.95. The maximum atomic E-state index is 9.95. The minimum Gasteiger partial charge on any atom is -0.356 e. The average Bonchev–Trinajstić information content (AvgIpc) is 2.80. The molecule has 0 aliphatic carbocycles. The van der Waals surface area contributed by atoms with Crippen molar-refractivity contribution in [2.24, 2.45) is 0 Å². The number of amides is 1. The highest BCUT2D eigenvalue weighted by Crippen LogP contribution is 2.11. The lowest BCUT2D eigenvalue weighted by Crippen LogP contribution is -2.16. The van der Waals surface area contributed by atoms with Gasteiger partial charge in [0.2, 0.25) is 5.91 Å². The van der Waals surface area contributed by atoms with E-state index < -0.39 is 0 Å². The summed E-state index contributed by atoms with van der Waals surface area (Å²) in [5.74, 6) is -0.144. The zero-order valence-electron chi connectivity index (χ0n) is 21.7. The summed E-state index contributed by atoms with van der Waals surface area (Å²) in [5, 5.41) is 5.99. The summed E-state index contributed by atoms with van der Waals surface area (Å²) in [7, 11) is 1.56. The fraction of sp³-hybridized carbons (Fsp3) is 0.893. The van der Waals surface area contributed by atoms with Gasteiger partial charge in [0.1, 0.15) is 0 Å². The fourth-order valence-electron chi connectivity index (χ4n) is 3.70. The van der Waals surface area contributed by atoms with Crippen molar-refractivity contribution in [3.63, 3.8) is 0 Å². The highest BCUT2D eigenvalue weighted by atomic mass is 16.1. The first-order valence-electron chi connectivity index (χ1n) is 13.8. The van der Waals surface area contributed by atoms with E-state index in [1.54, 1.807) is 7.05 Å². The van der Waals surface area contributed by atoms with E-state index in [-0.39, 0.29) is 5.91 Å². The molecular formula is C28H58N2O. The van der Waals surface area contributed by atoms with E-state index >= 15 is 0 Å². The molecule has 0 saturated heterocycles. The second-order valence-electron chi connectivity index (χ2n) is 8.93. The second kappa shape index (κ2) is 31.4. The van der Waals surface area contributed by atoms with Gasteiger partial charge in [-0.3, -0.25) is 4.79 Å². The molecule has 0 radical (unpaired) electrons. The van der Waals surface area contributed by atoms with Crippen molar-refractivity contribution in [3.8, 4) is 0 Å². The van der Waals surface area contributed by atoms with Crippen molar-refractivity contribution in [1.29, 1.82) is 0 Å². The topological polar surface area (TPSA) is 41.1 Å². The van der Waals surface area contributed by atoms with Gasteiger partial charge in [0.05, 0.1) is 0 Å². The molecule has 2 N–H and O–H groups in total. The molecule has 0 rings (SSSR count). The van der Waals surface area contributed by atoms with Crippen molar-refractivity contribution in [3.05, 3.63) is 12.7 Å². The van der Waals surface area contributed by atoms with Crippen molar-refractivity contribution >= 4 is 5.91 Å². The molecular weight excluding hydrogens is 380 g/mol. The molecule has 1 amide bonds. The van der Waals surface area contributed by atoms with Crippen molar-refractivity contribution in [2.75, 3.05) is 20.1 Å². The van der Waals surface area contributed by atoms with Gasteiger partial charge in [-0.15, -0.1) is 0 Å². The monoisotopic (exact) mass is 438 g/mol. The molecule has 3 nitrogen and oxygen atoms in total. The zero-order valence-corrected chi connectivity index (χ0v) is 21.7. The van der Waals surface area contributed by atoms with Crippen LogP contribution in [-0.2, 0) is 4.79 Å². The molecule has 0 saturated carbocycles. The smallest absolute Gasteiger partial charge is 0.243 e. The van der Waals surface area contributed by atoms with E-state index in [9.17, 15) is 4.79 Å². The molecule has 0 aromatic carbocycles. The summed E-state index contributed by atoms with van der Waals surface area (Å²) in [6.07, 6.45) is 30.0. The summed E-state index contributed by atoms with van der Waals surface area (Å²) in [4.78, 5) is 9.95. The van der Waals surface area contributed by atoms with Gasteiger partial charge >= 0.3 is 0 Å². The van der Waals surface area contributed by atoms with Crippen LogP contribution in [0.25, 0.3) is 0 Å². The number of rotatable bonds is 23. The SMILES string of the molecule is C=CC(=O)NC.CCCCCCCCCCCCNCCCCCCCCCCCC. The van der Waals surface area contributed by atoms with Crippen LogP contribution >= 0.6 is 0 Å². The van der Waals surface area contributed by atoms with Gasteiger partial charge in [0.25, 0.3) is 0 Å². The van der Waals surface area contributed by atoms with Crippen LogP contribution in [0.4, 0.5) is 0 Å². The molecule has 0 heterocycles. The normalized spacial score (nSPS) is 10.4. The lowest BCUT2D eigenvalue weighted by molar-refractivity contribution is -0.116. The molecule has 31 heavy (non-hydrogen) atoms. The predicted molar refractivity (Wildman–Crippen MR) is 141 cm³/mol. The molecule has 0 aromatic rings. The summed E-state index contributed by atoms with van der Waals surface area (Å²) in [6, 6.07) is 0. The third-order valence-corrected chi connectivity index (χ3v) is 5.85. The number of hydrogen-bond acceptors (Lipinski definition) is 2. The summed E-state index contributed by atoms with van der Waals surface area (Å²) in [5.41, 5.74) is 0. The first kappa shape index (κ1) is 32.4. The number of nitrogens with one attached hydrogen (secondary N) is 2. The minimum absolute atomic E-state index is 0.144. The van der Waals surface area contributed by atoms with E-state index in [1.807, 2.05) is 0 Å². The fourth-order valence-corrected chi connectivity index (χ4v) is 3.70. The van der Waals surface area contributed by atoms with Crippen LogP contribution in [0, 0.1) is 0 Å². The van der Waals surface area contributed by atoms with Gasteiger partial charge in [-0.2, -0.15) is 0 Å². The highest BCUT2D eigenvalue weighted by Gasteiger charge is 1.94. The van der Waals surface area contributed by atoms with Gasteiger partial charge in [0, 0.05) is 7.05 Å². The number of unbranched alkanes of at least 4 members (excludes halogenated alkanes) is 18. The molecule has 0 aliphatic heterocycles. The number of likely N-dealkylation sites (N-methyl/N-ethyl adjacent to an activating group) is 1. The molecule has 0 aliphatic rings. The lowest BCUT2D eigenvalue weighted by Gasteiger charge is -2.05. The van der Waals surface area contributed by atoms with Crippen LogP contribution in [0.5, 0.6) is 0 Å². The van der Waals surface area contributed by atoms with Crippen molar-refractivity contribution in [1.82, 2.24) is 10.6 Å². The van der Waals surface area contributed by atoms with E-state index in [2.05, 4.69) is 31.1 Å². The molecule has 0 bridgehead atoms. The van der Waals surface area contributed by atoms with Crippen molar-refractivity contribution < 1.29 is 4.79 Å². The molecule has 0 aromatic heterocycles. The Kier molecular flexibility index (Phi) is 32.7. The van der Waals surface area contributed by atoms with Crippen LogP contribution < -0.4 is 10.6 Å². The van der Waals surface area contributed by atoms with Crippen molar-refractivity contribution in [2.45, 2.75) is 142 Å². The molecule has 186 valence electrons. The molecule has 0 atom stereocenters. The summed E-state index contributed by atoms with van der Waals surface area (Å²) in [6.45, 7) is 10.3. The average molecular weight is 439 g/mol. The first-order valence-corrected chi connectivity index (χ1v) is 13.8. The van der Waals surface area contributed by atoms with E-state index in [4.69, 9.17) is 0 Å². The Hall–Kier alpha value is -0.830. The molecule has 0 fully saturated rings. The predicted octanol–water partition coefficient (Wildman–Crippen LogP) is 8.34. The molecule has 3 heteroatoms. The van der Waals surface area contributed by atoms with Crippen LogP contribution in [0.15, 0.2) is 12.7 Å². The Bertz CT molecular complexity index is 322. The van der Waals surface area contributed by atoms with Gasteiger partial charge in [-0.05, 0) is 32.0 Å². The quantitative estimate of drug-likeness (QED) is 0.124. The Morgan fingerprint density at radius 3 is 1.10 bits per heavy atom. The summed E-state index contributed by atoms with van der Waals surface area (Å²) < 4.78 is 0. The van der Waals surface area contributed by atoms with E-state index in [1.165, 1.54) is 148 Å². The Morgan fingerprint density at radius 1 is 0.581 bits per heavy atom. The first-order chi connectivity index (χ1) is 15.2. The van der Waals surface area contributed by atoms with Crippen LogP contribution in [0.2, 0.25) is 0 Å². The summed E-state index contributed by atoms with van der Waals surface area (Å²) >= 11 is 0. The van der Waals surface area contributed by atoms with Crippen LogP contribution in [-0.4, -0.2) is 26.0 Å². The van der Waals surface area contributed by atoms with Gasteiger partial charge in [-0.25, -0.2) is 0 Å². The second-order valence-corrected chi connectivity index (χ2v) is 8.93. The minimum atomic E-state index is -0.144. The van der Waals surface area contributed by atoms with Gasteiger partial charge < -0.3 is 10.6 Å². The van der Waals surface area contributed by atoms with Gasteiger partial charge in [0.15, 0.2) is 0 Å². The largest absolute Gasteiger partial charge is 0.356 e. The number of carbonyl (C=O) groups excluding carboxylic acids is 1. The lowest BCUT2D eigenvalue weighted by atomic mass is 10.1. The third-order valence-electron chi connectivity index (χ3n) is 5.85. The Balaban J connectivity index is 0. The Morgan fingerprint density at radius 2 is 0.871 bits per heavy atom. The third kappa shape index (κ3) is 34.0. The Labute approximate surface area is 196 Å². The van der Waals surface area contributed by atoms with Crippen LogP contribution in [0.3, 0.4) is 0 Å². The van der Waals surface area contributed by atoms with E-state index in [0.29, 0.717) is 0 Å². The van der Waals surface area contributed by atoms with Gasteiger partial charge in [-0.1, -0.05) is 136 Å². The molecule has 0 unspecified atom stereocenters. The maximum Gasteiger partial charge on any atom is 0.243 e. The van der Waals surface area contributed by atoms with Crippen LogP contribution in [0.1, 0.15) is 142 Å². The number of hydrogen-bond donors (Lipinski definition) is 2. The molecule has 0 spiro atoms. The van der Waals surface area contributed by atoms with E-state index in [0.717, 1.165) is 0 Å². The standard InChI is InChI=1S/C24H51N.C4H7NO/c1-3-5-7-9-11-13-15-17-19-21-23-25-24-22-20-18-16-14-12-10-8-6-4-2;1-3-4(6)5-2/h25H,3-24H2,1-2H3;3H,1H2,2H3,(H,5,6). The highest BCUT2D eigenvalue weighted by molar-refractivity contribution is 5.86. The number of carbonyl (C=O) groups is 1. The zero-order chi connectivity index (χ0) is 23.3.